The molecule has 0 unspecified atom stereocenters. The summed E-state index contributed by atoms with van der Waals surface area (Å²) in [7, 11) is 0. The topological polar surface area (TPSA) is 41.8 Å². The minimum absolute atomic E-state index is 0.343. The van der Waals surface area contributed by atoms with Crippen molar-refractivity contribution in [2.24, 2.45) is 0 Å². The molecule has 3 N–H and O–H groups in total. The number of benzene rings is 2. The second-order valence-corrected chi connectivity index (χ2v) is 5.39. The van der Waals surface area contributed by atoms with Crippen LogP contribution in [0.3, 0.4) is 0 Å². The first kappa shape index (κ1) is 13.9. The van der Waals surface area contributed by atoms with Crippen LogP contribution in [0.5, 0.6) is 0 Å². The molecule has 0 aliphatic heterocycles. The van der Waals surface area contributed by atoms with Gasteiger partial charge in [0.2, 0.25) is 0 Å². The van der Waals surface area contributed by atoms with Crippen molar-refractivity contribution in [3.63, 3.8) is 0 Å². The lowest BCUT2D eigenvalue weighted by molar-refractivity contribution is -0.676. The predicted octanol–water partition coefficient (Wildman–Crippen LogP) is 1.77. The highest BCUT2D eigenvalue weighted by molar-refractivity contribution is 5.79. The van der Waals surface area contributed by atoms with Crippen LogP contribution in [0.25, 0.3) is 10.9 Å². The van der Waals surface area contributed by atoms with Crippen molar-refractivity contribution >= 4 is 10.9 Å². The maximum Gasteiger partial charge on any atom is 0.121 e. The lowest BCUT2D eigenvalue weighted by Crippen LogP contribution is -2.85. The fourth-order valence-electron chi connectivity index (χ4n) is 2.66. The van der Waals surface area contributed by atoms with Crippen molar-refractivity contribution < 1.29 is 10.4 Å². The van der Waals surface area contributed by atoms with Gasteiger partial charge in [0.25, 0.3) is 0 Å². The summed E-state index contributed by atoms with van der Waals surface area (Å²) in [5.74, 6) is 0. The number of para-hydroxylation sites is 1. The summed E-state index contributed by atoms with van der Waals surface area (Å²) in [5.41, 5.74) is 2.47. The molecule has 0 amide bonds. The number of rotatable bonds is 6. The van der Waals surface area contributed by atoms with Gasteiger partial charge in [-0.2, -0.15) is 0 Å². The third kappa shape index (κ3) is 3.51. The van der Waals surface area contributed by atoms with Gasteiger partial charge in [-0.1, -0.05) is 48.5 Å². The van der Waals surface area contributed by atoms with E-state index in [1.165, 1.54) is 16.5 Å². The lowest BCUT2D eigenvalue weighted by atomic mass is 10.2. The largest absolute Gasteiger partial charge is 0.385 e. The SMILES string of the molecule is O[C@@H](C[NH2+]Cc1ccccc1)Cn1ccc2ccccc21. The molecule has 2 aromatic carbocycles. The van der Waals surface area contributed by atoms with Gasteiger partial charge >= 0.3 is 0 Å². The molecule has 0 spiro atoms. The molecule has 3 heteroatoms. The van der Waals surface area contributed by atoms with Crippen molar-refractivity contribution in [1.82, 2.24) is 4.57 Å². The molecule has 0 saturated heterocycles. The van der Waals surface area contributed by atoms with Crippen molar-refractivity contribution in [3.05, 3.63) is 72.4 Å². The molecule has 3 nitrogen and oxygen atoms in total. The average Bonchev–Trinajstić information content (AvgIpc) is 2.92. The van der Waals surface area contributed by atoms with Crippen LogP contribution in [0, 0.1) is 0 Å². The summed E-state index contributed by atoms with van der Waals surface area (Å²) in [5, 5.41) is 13.6. The first-order valence-corrected chi connectivity index (χ1v) is 7.40. The molecule has 3 rings (SSSR count). The number of hydrogen-bond donors (Lipinski definition) is 2. The van der Waals surface area contributed by atoms with E-state index in [1.54, 1.807) is 0 Å². The molecule has 0 fully saturated rings. The Labute approximate surface area is 124 Å². The highest BCUT2D eigenvalue weighted by Gasteiger charge is 2.09. The molecule has 21 heavy (non-hydrogen) atoms. The van der Waals surface area contributed by atoms with Gasteiger partial charge in [0.05, 0.1) is 6.54 Å². The highest BCUT2D eigenvalue weighted by Crippen LogP contribution is 2.15. The van der Waals surface area contributed by atoms with E-state index in [2.05, 4.69) is 40.2 Å². The van der Waals surface area contributed by atoms with E-state index < -0.39 is 0 Å². The zero-order valence-electron chi connectivity index (χ0n) is 12.0. The Morgan fingerprint density at radius 1 is 0.952 bits per heavy atom. The van der Waals surface area contributed by atoms with E-state index >= 15 is 0 Å². The zero-order chi connectivity index (χ0) is 14.5. The van der Waals surface area contributed by atoms with Crippen LogP contribution in [-0.2, 0) is 13.1 Å². The third-order valence-electron chi connectivity index (χ3n) is 3.75. The molecule has 0 bridgehead atoms. The summed E-state index contributed by atoms with van der Waals surface area (Å²) < 4.78 is 2.12. The Balaban J connectivity index is 1.53. The molecule has 0 aliphatic carbocycles. The van der Waals surface area contributed by atoms with E-state index in [0.29, 0.717) is 13.1 Å². The molecular weight excluding hydrogens is 260 g/mol. The van der Waals surface area contributed by atoms with Crippen LogP contribution >= 0.6 is 0 Å². The summed E-state index contributed by atoms with van der Waals surface area (Å²) in [4.78, 5) is 0. The number of quaternary nitrogens is 1. The maximum absolute atomic E-state index is 10.2. The molecule has 3 aromatic rings. The fraction of sp³-hybridized carbons (Fsp3) is 0.222. The van der Waals surface area contributed by atoms with Crippen molar-refractivity contribution in [1.29, 1.82) is 0 Å². The molecule has 0 saturated carbocycles. The van der Waals surface area contributed by atoms with Gasteiger partial charge in [0.1, 0.15) is 19.2 Å². The number of aliphatic hydroxyl groups is 1. The van der Waals surface area contributed by atoms with Crippen molar-refractivity contribution in [2.45, 2.75) is 19.2 Å². The van der Waals surface area contributed by atoms with E-state index in [-0.39, 0.29) is 6.10 Å². The Hall–Kier alpha value is -2.10. The first-order chi connectivity index (χ1) is 10.3. The molecule has 0 aliphatic rings. The second-order valence-electron chi connectivity index (χ2n) is 5.39. The van der Waals surface area contributed by atoms with Crippen LogP contribution < -0.4 is 5.32 Å². The normalized spacial score (nSPS) is 12.6. The van der Waals surface area contributed by atoms with E-state index in [9.17, 15) is 5.11 Å². The van der Waals surface area contributed by atoms with Gasteiger partial charge < -0.3 is 15.0 Å². The molecule has 108 valence electrons. The Bertz CT molecular complexity index is 691. The standard InChI is InChI=1S/C18H20N2O/c21-17(13-19-12-15-6-2-1-3-7-15)14-20-11-10-16-8-4-5-9-18(16)20/h1-11,17,19,21H,12-14H2/p+1/t17-/m0/s1. The average molecular weight is 281 g/mol. The molecule has 1 heterocycles. The van der Waals surface area contributed by atoms with Crippen LogP contribution in [0.4, 0.5) is 0 Å². The summed E-state index contributed by atoms with van der Waals surface area (Å²) in [6, 6.07) is 20.7. The molecule has 0 radical (unpaired) electrons. The van der Waals surface area contributed by atoms with Gasteiger partial charge in [0, 0.05) is 17.3 Å². The maximum atomic E-state index is 10.2. The number of fused-ring (bicyclic) bond motifs is 1. The van der Waals surface area contributed by atoms with Gasteiger partial charge in [-0.05, 0) is 17.5 Å². The van der Waals surface area contributed by atoms with Crippen molar-refractivity contribution in [3.8, 4) is 0 Å². The Morgan fingerprint density at radius 2 is 1.71 bits per heavy atom. The third-order valence-corrected chi connectivity index (χ3v) is 3.75. The van der Waals surface area contributed by atoms with E-state index in [0.717, 1.165) is 6.54 Å². The van der Waals surface area contributed by atoms with Crippen LogP contribution in [0.2, 0.25) is 0 Å². The lowest BCUT2D eigenvalue weighted by Gasteiger charge is -2.12. The number of aromatic nitrogens is 1. The number of nitrogens with two attached hydrogens (primary N) is 1. The van der Waals surface area contributed by atoms with E-state index in [4.69, 9.17) is 0 Å². The Kier molecular flexibility index (Phi) is 4.34. The number of hydrogen-bond acceptors (Lipinski definition) is 1. The fourth-order valence-corrected chi connectivity index (χ4v) is 2.66. The molecular formula is C18H21N2O+. The van der Waals surface area contributed by atoms with Crippen LogP contribution in [0.15, 0.2) is 66.9 Å². The molecule has 1 atom stereocenters. The summed E-state index contributed by atoms with van der Waals surface area (Å²) in [6.45, 7) is 2.25. The minimum Gasteiger partial charge on any atom is -0.385 e. The second kappa shape index (κ2) is 6.57. The highest BCUT2D eigenvalue weighted by atomic mass is 16.3. The van der Waals surface area contributed by atoms with Gasteiger partial charge in [-0.15, -0.1) is 0 Å². The predicted molar refractivity (Wildman–Crippen MR) is 84.9 cm³/mol. The smallest absolute Gasteiger partial charge is 0.121 e. The van der Waals surface area contributed by atoms with Gasteiger partial charge in [-0.25, -0.2) is 0 Å². The first-order valence-electron chi connectivity index (χ1n) is 7.40. The molecule has 1 aromatic heterocycles. The Morgan fingerprint density at radius 3 is 2.57 bits per heavy atom. The van der Waals surface area contributed by atoms with Crippen molar-refractivity contribution in [2.75, 3.05) is 6.54 Å². The van der Waals surface area contributed by atoms with E-state index in [1.807, 2.05) is 36.5 Å². The van der Waals surface area contributed by atoms with Gasteiger partial charge in [0.15, 0.2) is 0 Å². The monoisotopic (exact) mass is 281 g/mol. The van der Waals surface area contributed by atoms with Crippen LogP contribution in [0.1, 0.15) is 5.56 Å². The van der Waals surface area contributed by atoms with Gasteiger partial charge in [-0.3, -0.25) is 0 Å². The van der Waals surface area contributed by atoms with Crippen LogP contribution in [-0.4, -0.2) is 22.3 Å². The zero-order valence-corrected chi connectivity index (χ0v) is 12.0. The quantitative estimate of drug-likeness (QED) is 0.710. The number of aliphatic hydroxyl groups excluding tert-OH is 1. The summed E-state index contributed by atoms with van der Waals surface area (Å²) >= 11 is 0. The minimum atomic E-state index is -0.343. The summed E-state index contributed by atoms with van der Waals surface area (Å²) in [6.07, 6.45) is 1.70. The number of nitrogens with zero attached hydrogens (tertiary/aromatic N) is 1.